The monoisotopic (exact) mass is 284 g/mol. The minimum absolute atomic E-state index is 0.0656. The summed E-state index contributed by atoms with van der Waals surface area (Å²) < 4.78 is 5.27. The van der Waals surface area contributed by atoms with E-state index in [2.05, 4.69) is 11.6 Å². The number of hydrogen-bond acceptors (Lipinski definition) is 5. The summed E-state index contributed by atoms with van der Waals surface area (Å²) >= 11 is 1.81. The molecule has 0 heterocycles. The highest BCUT2D eigenvalue weighted by Crippen LogP contribution is 2.29. The molecule has 0 aliphatic heterocycles. The Labute approximate surface area is 117 Å². The van der Waals surface area contributed by atoms with Gasteiger partial charge < -0.3 is 10.1 Å². The largest absolute Gasteiger partial charge is 0.494 e. The lowest BCUT2D eigenvalue weighted by molar-refractivity contribution is -0.384. The number of nitro groups is 1. The minimum Gasteiger partial charge on any atom is -0.494 e. The van der Waals surface area contributed by atoms with Crippen molar-refractivity contribution < 1.29 is 9.66 Å². The molecule has 0 saturated heterocycles. The molecule has 106 valence electrons. The van der Waals surface area contributed by atoms with Crippen LogP contribution < -0.4 is 10.1 Å². The lowest BCUT2D eigenvalue weighted by Crippen LogP contribution is -2.05. The van der Waals surface area contributed by atoms with Crippen molar-refractivity contribution in [2.45, 2.75) is 19.8 Å². The Morgan fingerprint density at radius 1 is 1.42 bits per heavy atom. The Kier molecular flexibility index (Phi) is 7.10. The molecule has 6 heteroatoms. The quantitative estimate of drug-likeness (QED) is 0.427. The summed E-state index contributed by atoms with van der Waals surface area (Å²) in [5.74, 6) is 1.65. The molecule has 0 atom stereocenters. The molecule has 1 aromatic carbocycles. The molecule has 19 heavy (non-hydrogen) atoms. The number of nitrogens with one attached hydrogen (secondary N) is 1. The molecule has 0 radical (unpaired) electrons. The first-order valence-electron chi connectivity index (χ1n) is 6.33. The van der Waals surface area contributed by atoms with Gasteiger partial charge in [0.05, 0.1) is 17.6 Å². The van der Waals surface area contributed by atoms with Gasteiger partial charge >= 0.3 is 0 Å². The van der Waals surface area contributed by atoms with Crippen molar-refractivity contribution in [3.05, 3.63) is 28.3 Å². The van der Waals surface area contributed by atoms with Crippen molar-refractivity contribution in [3.8, 4) is 5.75 Å². The number of thioether (sulfide) groups is 1. The molecule has 1 aromatic rings. The number of ether oxygens (including phenoxy) is 1. The van der Waals surface area contributed by atoms with Crippen LogP contribution in [0.1, 0.15) is 19.8 Å². The number of nitro benzene ring substituents is 1. The topological polar surface area (TPSA) is 64.4 Å². The van der Waals surface area contributed by atoms with E-state index < -0.39 is 0 Å². The van der Waals surface area contributed by atoms with E-state index in [1.807, 2.05) is 18.7 Å². The zero-order chi connectivity index (χ0) is 14.1. The van der Waals surface area contributed by atoms with E-state index in [9.17, 15) is 10.1 Å². The molecule has 0 aliphatic rings. The summed E-state index contributed by atoms with van der Waals surface area (Å²) in [6.07, 6.45) is 4.19. The Morgan fingerprint density at radius 3 is 2.84 bits per heavy atom. The van der Waals surface area contributed by atoms with Crippen molar-refractivity contribution in [2.24, 2.45) is 0 Å². The molecule has 0 saturated carbocycles. The molecule has 0 aliphatic carbocycles. The molecule has 0 bridgehead atoms. The molecule has 1 N–H and O–H groups in total. The standard InChI is InChI=1S/C13H20N2O3S/c1-3-18-11-6-7-12(13(10-11)15(16)17)14-8-4-5-9-19-2/h6-7,10,14H,3-5,8-9H2,1-2H3. The van der Waals surface area contributed by atoms with Crippen LogP contribution in [-0.4, -0.2) is 30.1 Å². The highest BCUT2D eigenvalue weighted by molar-refractivity contribution is 7.98. The third-order valence-corrected chi connectivity index (χ3v) is 3.26. The SMILES string of the molecule is CCOc1ccc(NCCCCSC)c([N+](=O)[O-])c1. The molecule has 0 fully saturated rings. The minimum atomic E-state index is -0.382. The van der Waals surface area contributed by atoms with Gasteiger partial charge in [0.2, 0.25) is 0 Å². The number of nitrogens with zero attached hydrogens (tertiary/aromatic N) is 1. The maximum atomic E-state index is 11.0. The van der Waals surface area contributed by atoms with Gasteiger partial charge in [0.25, 0.3) is 5.69 Å². The maximum absolute atomic E-state index is 11.0. The number of hydrogen-bond donors (Lipinski definition) is 1. The smallest absolute Gasteiger partial charge is 0.296 e. The van der Waals surface area contributed by atoms with E-state index in [1.165, 1.54) is 6.07 Å². The van der Waals surface area contributed by atoms with E-state index in [0.29, 0.717) is 18.0 Å². The Morgan fingerprint density at radius 2 is 2.21 bits per heavy atom. The van der Waals surface area contributed by atoms with Crippen molar-refractivity contribution in [1.82, 2.24) is 0 Å². The lowest BCUT2D eigenvalue weighted by atomic mass is 10.2. The third kappa shape index (κ3) is 5.38. The predicted molar refractivity (Wildman–Crippen MR) is 80.4 cm³/mol. The van der Waals surface area contributed by atoms with E-state index in [0.717, 1.165) is 25.1 Å². The van der Waals surface area contributed by atoms with Crippen LogP contribution in [0.5, 0.6) is 5.75 Å². The fourth-order valence-corrected chi connectivity index (χ4v) is 2.16. The van der Waals surface area contributed by atoms with Gasteiger partial charge in [-0.15, -0.1) is 0 Å². The summed E-state index contributed by atoms with van der Waals surface area (Å²) in [6.45, 7) is 3.09. The van der Waals surface area contributed by atoms with E-state index >= 15 is 0 Å². The van der Waals surface area contributed by atoms with Crippen LogP contribution in [0.15, 0.2) is 18.2 Å². The van der Waals surface area contributed by atoms with Gasteiger partial charge in [-0.25, -0.2) is 0 Å². The molecular weight excluding hydrogens is 264 g/mol. The first-order valence-corrected chi connectivity index (χ1v) is 7.72. The van der Waals surface area contributed by atoms with Crippen LogP contribution in [0.3, 0.4) is 0 Å². The summed E-state index contributed by atoms with van der Waals surface area (Å²) in [4.78, 5) is 10.6. The first kappa shape index (κ1) is 15.6. The van der Waals surface area contributed by atoms with Gasteiger partial charge in [-0.1, -0.05) is 0 Å². The zero-order valence-corrected chi connectivity index (χ0v) is 12.2. The van der Waals surface area contributed by atoms with Crippen LogP contribution >= 0.6 is 11.8 Å². The second kappa shape index (κ2) is 8.63. The first-order chi connectivity index (χ1) is 9.19. The Bertz CT molecular complexity index is 413. The van der Waals surface area contributed by atoms with Crippen LogP contribution in [0.4, 0.5) is 11.4 Å². The summed E-state index contributed by atoms with van der Waals surface area (Å²) in [5, 5.41) is 14.1. The van der Waals surface area contributed by atoms with Gasteiger partial charge in [-0.05, 0) is 43.9 Å². The van der Waals surface area contributed by atoms with E-state index in [-0.39, 0.29) is 10.6 Å². The second-order valence-corrected chi connectivity index (χ2v) is 4.98. The number of benzene rings is 1. The second-order valence-electron chi connectivity index (χ2n) is 4.00. The van der Waals surface area contributed by atoms with Crippen LogP contribution in [0, 0.1) is 10.1 Å². The van der Waals surface area contributed by atoms with Crippen LogP contribution in [0.25, 0.3) is 0 Å². The van der Waals surface area contributed by atoms with Gasteiger partial charge in [0.15, 0.2) is 0 Å². The predicted octanol–water partition coefficient (Wildman–Crippen LogP) is 3.55. The van der Waals surface area contributed by atoms with Gasteiger partial charge in [-0.3, -0.25) is 10.1 Å². The molecule has 0 spiro atoms. The maximum Gasteiger partial charge on any atom is 0.296 e. The van der Waals surface area contributed by atoms with E-state index in [4.69, 9.17) is 4.74 Å². The van der Waals surface area contributed by atoms with Crippen molar-refractivity contribution in [2.75, 3.05) is 30.5 Å². The molecule has 0 unspecified atom stereocenters. The average molecular weight is 284 g/mol. The van der Waals surface area contributed by atoms with Gasteiger partial charge in [0.1, 0.15) is 11.4 Å². The molecule has 1 rings (SSSR count). The fourth-order valence-electron chi connectivity index (χ4n) is 1.66. The molecule has 5 nitrogen and oxygen atoms in total. The van der Waals surface area contributed by atoms with Crippen LogP contribution in [0.2, 0.25) is 0 Å². The summed E-state index contributed by atoms with van der Waals surface area (Å²) in [7, 11) is 0. The van der Waals surface area contributed by atoms with Crippen molar-refractivity contribution >= 4 is 23.1 Å². The number of rotatable bonds is 9. The summed E-state index contributed by atoms with van der Waals surface area (Å²) in [6, 6.07) is 4.92. The van der Waals surface area contributed by atoms with Crippen molar-refractivity contribution in [1.29, 1.82) is 0 Å². The van der Waals surface area contributed by atoms with Crippen molar-refractivity contribution in [3.63, 3.8) is 0 Å². The number of anilines is 1. The highest BCUT2D eigenvalue weighted by Gasteiger charge is 2.14. The van der Waals surface area contributed by atoms with Gasteiger partial charge in [-0.2, -0.15) is 11.8 Å². The van der Waals surface area contributed by atoms with Crippen LogP contribution in [-0.2, 0) is 0 Å². The third-order valence-electron chi connectivity index (χ3n) is 2.57. The van der Waals surface area contributed by atoms with E-state index in [1.54, 1.807) is 12.1 Å². The fraction of sp³-hybridized carbons (Fsp3) is 0.538. The normalized spacial score (nSPS) is 10.2. The Balaban J connectivity index is 2.63. The zero-order valence-electron chi connectivity index (χ0n) is 11.3. The molecular formula is C13H20N2O3S. The Hall–Kier alpha value is -1.43. The molecule has 0 amide bonds. The highest BCUT2D eigenvalue weighted by atomic mass is 32.2. The van der Waals surface area contributed by atoms with Gasteiger partial charge in [0, 0.05) is 6.54 Å². The summed E-state index contributed by atoms with van der Waals surface area (Å²) in [5.41, 5.74) is 0.619. The average Bonchev–Trinajstić information content (AvgIpc) is 2.40. The lowest BCUT2D eigenvalue weighted by Gasteiger charge is -2.09. The number of unbranched alkanes of at least 4 members (excludes halogenated alkanes) is 1. The molecule has 0 aromatic heterocycles.